The maximum absolute atomic E-state index is 5.96. The molecule has 1 aromatic heterocycles. The molecule has 0 aromatic carbocycles. The number of hydrogen-bond donors (Lipinski definition) is 2. The van der Waals surface area contributed by atoms with Gasteiger partial charge in [0.25, 0.3) is 0 Å². The highest BCUT2D eigenvalue weighted by Crippen LogP contribution is 2.66. The van der Waals surface area contributed by atoms with Gasteiger partial charge in [-0.2, -0.15) is 0 Å². The minimum absolute atomic E-state index is 0.456. The van der Waals surface area contributed by atoms with Crippen LogP contribution in [-0.4, -0.2) is 41.1 Å². The number of hydrogen-bond acceptors (Lipinski definition) is 5. The molecule has 0 aliphatic heterocycles. The van der Waals surface area contributed by atoms with Crippen LogP contribution in [0.1, 0.15) is 95.6 Å². The minimum atomic E-state index is 0.456. The van der Waals surface area contributed by atoms with E-state index in [2.05, 4.69) is 36.0 Å². The Morgan fingerprint density at radius 2 is 1.87 bits per heavy atom. The lowest BCUT2D eigenvalue weighted by Crippen LogP contribution is -2.64. The molecule has 4 bridgehead atoms. The van der Waals surface area contributed by atoms with E-state index in [1.165, 1.54) is 94.4 Å². The maximum atomic E-state index is 5.96. The van der Waals surface area contributed by atoms with Crippen LogP contribution in [0.3, 0.4) is 0 Å². The topological polar surface area (TPSA) is 54.2 Å². The minimum Gasteiger partial charge on any atom is -0.375 e. The highest BCUT2D eigenvalue weighted by molar-refractivity contribution is 7.15. The molecule has 4 fully saturated rings. The summed E-state index contributed by atoms with van der Waals surface area (Å²) in [6.45, 7) is 11.2. The van der Waals surface area contributed by atoms with Gasteiger partial charge >= 0.3 is 0 Å². The molecule has 3 N–H and O–H groups in total. The van der Waals surface area contributed by atoms with Crippen LogP contribution in [0.4, 0.5) is 5.13 Å². The van der Waals surface area contributed by atoms with E-state index in [0.717, 1.165) is 23.9 Å². The number of nitrogens with zero attached hydrogens (tertiary/aromatic N) is 2. The van der Waals surface area contributed by atoms with Crippen molar-refractivity contribution in [3.8, 4) is 0 Å². The molecule has 3 atom stereocenters. The summed E-state index contributed by atoms with van der Waals surface area (Å²) < 4.78 is 0. The number of thiazole rings is 1. The summed E-state index contributed by atoms with van der Waals surface area (Å²) in [5.41, 5.74) is 8.91. The number of aromatic nitrogens is 1. The quantitative estimate of drug-likeness (QED) is 0.500. The molecule has 0 amide bonds. The summed E-state index contributed by atoms with van der Waals surface area (Å²) in [4.78, 5) is 8.75. The molecule has 6 rings (SSSR count). The van der Waals surface area contributed by atoms with E-state index >= 15 is 0 Å². The summed E-state index contributed by atoms with van der Waals surface area (Å²) in [7, 11) is 0. The molecule has 1 heterocycles. The molecule has 4 nitrogen and oxygen atoms in total. The molecule has 31 heavy (non-hydrogen) atoms. The Morgan fingerprint density at radius 3 is 2.58 bits per heavy atom. The predicted octanol–water partition coefficient (Wildman–Crippen LogP) is 5.41. The van der Waals surface area contributed by atoms with Crippen molar-refractivity contribution in [1.82, 2.24) is 15.2 Å². The van der Waals surface area contributed by atoms with E-state index in [1.54, 1.807) is 11.3 Å². The standard InChI is InChI=1S/C26H44N4S/c1-4-10-30(20-7-8-21-22(12-20)31-23(27)29-21)11-6-5-9-28-26-15-19-13-24(2,17-26)16-25(3,14-19)18-26/h19-20,28H,4-18H2,1-3H3,(H2,27,29)/t19?,20-,24?,25?,26?/m0/s1. The molecule has 174 valence electrons. The molecule has 1 aromatic rings. The van der Waals surface area contributed by atoms with Gasteiger partial charge in [-0.05, 0) is 113 Å². The van der Waals surface area contributed by atoms with Crippen molar-refractivity contribution in [2.75, 3.05) is 25.4 Å². The second kappa shape index (κ2) is 8.29. The summed E-state index contributed by atoms with van der Waals surface area (Å²) in [6, 6.07) is 0.684. The van der Waals surface area contributed by atoms with Crippen molar-refractivity contribution in [2.45, 2.75) is 109 Å². The Bertz CT molecular complexity index is 770. The van der Waals surface area contributed by atoms with Gasteiger partial charge in [0.2, 0.25) is 0 Å². The lowest BCUT2D eigenvalue weighted by molar-refractivity contribution is -0.117. The van der Waals surface area contributed by atoms with Crippen LogP contribution in [0.5, 0.6) is 0 Å². The van der Waals surface area contributed by atoms with Crippen LogP contribution in [-0.2, 0) is 12.8 Å². The number of nitrogens with one attached hydrogen (secondary N) is 1. The third-order valence-electron chi connectivity index (χ3n) is 8.96. The monoisotopic (exact) mass is 444 g/mol. The second-order valence-corrected chi connectivity index (χ2v) is 13.5. The molecule has 5 aliphatic carbocycles. The largest absolute Gasteiger partial charge is 0.375 e. The fraction of sp³-hybridized carbons (Fsp3) is 0.885. The predicted molar refractivity (Wildman–Crippen MR) is 132 cm³/mol. The average molecular weight is 445 g/mol. The Hall–Kier alpha value is -0.650. The van der Waals surface area contributed by atoms with Crippen molar-refractivity contribution < 1.29 is 0 Å². The summed E-state index contributed by atoms with van der Waals surface area (Å²) in [5, 5.41) is 4.90. The van der Waals surface area contributed by atoms with Gasteiger partial charge in [0, 0.05) is 16.5 Å². The average Bonchev–Trinajstić information content (AvgIpc) is 3.03. The van der Waals surface area contributed by atoms with Gasteiger partial charge in [-0.15, -0.1) is 11.3 Å². The molecule has 5 aliphatic rings. The van der Waals surface area contributed by atoms with Crippen LogP contribution < -0.4 is 11.1 Å². The van der Waals surface area contributed by atoms with Crippen molar-refractivity contribution in [2.24, 2.45) is 16.7 Å². The third kappa shape index (κ3) is 4.56. The molecular formula is C26H44N4S. The normalized spacial score (nSPS) is 38.7. The zero-order valence-corrected chi connectivity index (χ0v) is 21.0. The number of fused-ring (bicyclic) bond motifs is 1. The van der Waals surface area contributed by atoms with E-state index in [4.69, 9.17) is 5.73 Å². The smallest absolute Gasteiger partial charge is 0.180 e. The Labute approximate surface area is 193 Å². The zero-order chi connectivity index (χ0) is 21.7. The Morgan fingerprint density at radius 1 is 1.10 bits per heavy atom. The van der Waals surface area contributed by atoms with Crippen LogP contribution in [0.25, 0.3) is 0 Å². The van der Waals surface area contributed by atoms with Gasteiger partial charge < -0.3 is 16.0 Å². The van der Waals surface area contributed by atoms with Gasteiger partial charge in [-0.25, -0.2) is 4.98 Å². The first-order valence-corrected chi connectivity index (χ1v) is 13.8. The van der Waals surface area contributed by atoms with Crippen molar-refractivity contribution >= 4 is 16.5 Å². The van der Waals surface area contributed by atoms with E-state index in [1.807, 2.05) is 0 Å². The number of anilines is 1. The maximum Gasteiger partial charge on any atom is 0.180 e. The fourth-order valence-corrected chi connectivity index (χ4v) is 9.84. The van der Waals surface area contributed by atoms with Gasteiger partial charge in [-0.1, -0.05) is 20.8 Å². The molecular weight excluding hydrogens is 400 g/mol. The number of nitrogens with two attached hydrogens (primary N) is 1. The highest BCUT2D eigenvalue weighted by atomic mass is 32.1. The first-order chi connectivity index (χ1) is 14.8. The van der Waals surface area contributed by atoms with Crippen molar-refractivity contribution in [3.63, 3.8) is 0 Å². The third-order valence-corrected chi connectivity index (χ3v) is 9.90. The second-order valence-electron chi connectivity index (χ2n) is 12.4. The van der Waals surface area contributed by atoms with Crippen molar-refractivity contribution in [3.05, 3.63) is 10.6 Å². The first-order valence-electron chi connectivity index (χ1n) is 13.0. The molecule has 0 saturated heterocycles. The lowest BCUT2D eigenvalue weighted by atomic mass is 9.43. The molecule has 0 radical (unpaired) electrons. The van der Waals surface area contributed by atoms with E-state index in [-0.39, 0.29) is 0 Å². The van der Waals surface area contributed by atoms with Gasteiger partial charge in [0.1, 0.15) is 0 Å². The highest BCUT2D eigenvalue weighted by Gasteiger charge is 2.59. The molecule has 4 saturated carbocycles. The van der Waals surface area contributed by atoms with Gasteiger partial charge in [0.15, 0.2) is 5.13 Å². The van der Waals surface area contributed by atoms with E-state index < -0.39 is 0 Å². The number of rotatable bonds is 9. The first kappa shape index (κ1) is 22.2. The SMILES string of the molecule is CCCN(CCCCNC12CC3CC(C)(CC(C)(C3)C1)C2)[C@H]1CCc2nc(N)sc2C1. The molecule has 0 spiro atoms. The zero-order valence-electron chi connectivity index (χ0n) is 20.1. The molecule has 2 unspecified atom stereocenters. The van der Waals surface area contributed by atoms with Crippen LogP contribution in [0, 0.1) is 16.7 Å². The Balaban J connectivity index is 1.11. The summed E-state index contributed by atoms with van der Waals surface area (Å²) in [5.74, 6) is 0.982. The van der Waals surface area contributed by atoms with Crippen LogP contribution in [0.15, 0.2) is 0 Å². The number of aryl methyl sites for hydroxylation is 1. The fourth-order valence-electron chi connectivity index (χ4n) is 8.89. The van der Waals surface area contributed by atoms with Crippen LogP contribution >= 0.6 is 11.3 Å². The summed E-state index contributed by atoms with van der Waals surface area (Å²) >= 11 is 1.72. The molecule has 5 heteroatoms. The lowest BCUT2D eigenvalue weighted by Gasteiger charge is -2.65. The van der Waals surface area contributed by atoms with Gasteiger partial charge in [0.05, 0.1) is 5.69 Å². The number of nitrogen functional groups attached to an aromatic ring is 1. The van der Waals surface area contributed by atoms with Crippen molar-refractivity contribution in [1.29, 1.82) is 0 Å². The number of unbranched alkanes of at least 4 members (excludes halogenated alkanes) is 1. The van der Waals surface area contributed by atoms with Crippen LogP contribution in [0.2, 0.25) is 0 Å². The van der Waals surface area contributed by atoms with Gasteiger partial charge in [-0.3, -0.25) is 0 Å². The van der Waals surface area contributed by atoms with E-state index in [9.17, 15) is 0 Å². The van der Waals surface area contributed by atoms with E-state index in [0.29, 0.717) is 22.4 Å². The summed E-state index contributed by atoms with van der Waals surface area (Å²) in [6.07, 6.45) is 16.1. The Kier molecular flexibility index (Phi) is 5.92.